The van der Waals surface area contributed by atoms with E-state index in [1.165, 1.54) is 0 Å². The molecule has 0 bridgehead atoms. The Morgan fingerprint density at radius 3 is 2.31 bits per heavy atom. The molecule has 2 nitrogen and oxygen atoms in total. The lowest BCUT2D eigenvalue weighted by molar-refractivity contribution is -0.178. The lowest BCUT2D eigenvalue weighted by atomic mass is 9.72. The van der Waals surface area contributed by atoms with Crippen molar-refractivity contribution in [1.82, 2.24) is 0 Å². The predicted octanol–water partition coefficient (Wildman–Crippen LogP) is 0.938. The summed E-state index contributed by atoms with van der Waals surface area (Å²) in [5, 5.41) is 0. The fourth-order valence-corrected chi connectivity index (χ4v) is 3.13. The monoisotopic (exact) mass is 182 g/mol. The van der Waals surface area contributed by atoms with E-state index in [4.69, 9.17) is 9.47 Å². The third kappa shape index (κ3) is 1.10. The third-order valence-corrected chi connectivity index (χ3v) is 3.92. The Bertz CT molecular complexity index is 203. The fraction of sp³-hybridized carbons (Fsp3) is 1.00. The van der Waals surface area contributed by atoms with Crippen molar-refractivity contribution in [3.63, 3.8) is 0 Å². The van der Waals surface area contributed by atoms with E-state index in [0.29, 0.717) is 24.1 Å². The normalized spacial score (nSPS) is 47.0. The number of rotatable bonds is 2. The first-order chi connectivity index (χ1) is 6.14. The van der Waals surface area contributed by atoms with Crippen LogP contribution in [-0.4, -0.2) is 31.7 Å². The van der Waals surface area contributed by atoms with Crippen LogP contribution in [-0.2, 0) is 9.47 Å². The minimum atomic E-state index is 0.113. The average Bonchev–Trinajstić information content (AvgIpc) is 2.34. The highest BCUT2D eigenvalue weighted by Gasteiger charge is 2.60. The van der Waals surface area contributed by atoms with E-state index in [2.05, 4.69) is 28.6 Å². The molecule has 0 saturated carbocycles. The van der Waals surface area contributed by atoms with Crippen LogP contribution in [0.15, 0.2) is 0 Å². The molecule has 2 rings (SSSR count). The maximum absolute atomic E-state index is 6.08. The van der Waals surface area contributed by atoms with E-state index < -0.39 is 0 Å². The highest BCUT2D eigenvalue weighted by atomic mass is 16.6. The van der Waals surface area contributed by atoms with E-state index in [-0.39, 0.29) is 5.60 Å². The van der Waals surface area contributed by atoms with Crippen molar-refractivity contribution in [1.29, 1.82) is 0 Å². The molecule has 2 saturated heterocycles. The lowest BCUT2D eigenvalue weighted by Crippen LogP contribution is -2.55. The van der Waals surface area contributed by atoms with Crippen molar-refractivity contribution < 1.29 is 9.47 Å². The zero-order chi connectivity index (χ0) is 9.64. The van der Waals surface area contributed by atoms with Crippen LogP contribution in [0.25, 0.3) is 0 Å². The Morgan fingerprint density at radius 1 is 1.31 bits per heavy atom. The van der Waals surface area contributed by atoms with E-state index >= 15 is 0 Å². The molecular formula is C10H19BO2. The van der Waals surface area contributed by atoms with Gasteiger partial charge in [-0.05, 0) is 19.8 Å². The summed E-state index contributed by atoms with van der Waals surface area (Å²) in [6, 6.07) is 0.293. The van der Waals surface area contributed by atoms with Gasteiger partial charge in [-0.1, -0.05) is 13.8 Å². The summed E-state index contributed by atoms with van der Waals surface area (Å²) in [6.45, 7) is 6.62. The van der Waals surface area contributed by atoms with Gasteiger partial charge in [0.2, 0.25) is 0 Å². The van der Waals surface area contributed by atoms with Crippen molar-refractivity contribution in [3.8, 4) is 0 Å². The molecule has 0 aliphatic carbocycles. The largest absolute Gasteiger partial charge is 0.378 e. The van der Waals surface area contributed by atoms with Crippen LogP contribution in [0, 0.1) is 5.92 Å². The summed E-state index contributed by atoms with van der Waals surface area (Å²) in [6.07, 6.45) is 3.00. The molecule has 0 radical (unpaired) electrons. The molecular weight excluding hydrogens is 163 g/mol. The van der Waals surface area contributed by atoms with Crippen LogP contribution in [0.4, 0.5) is 0 Å². The number of hydrogen-bond donors (Lipinski definition) is 0. The molecule has 2 heterocycles. The first-order valence-electron chi connectivity index (χ1n) is 5.48. The first-order valence-corrected chi connectivity index (χ1v) is 5.48. The topological polar surface area (TPSA) is 18.5 Å². The molecule has 74 valence electrons. The van der Waals surface area contributed by atoms with Gasteiger partial charge in [-0.15, -0.1) is 0 Å². The Kier molecular flexibility index (Phi) is 2.19. The molecule has 4 atom stereocenters. The molecule has 2 fully saturated rings. The highest BCUT2D eigenvalue weighted by molar-refractivity contribution is 6.11. The standard InChI is InChI=1S/C10H19BO2/c1-4-10(5-2)7-6(3)12-8(7)9(11)13-10/h6-9H,4-5,11H2,1-3H3/t6-,7?,8?,9+/m0/s1. The maximum atomic E-state index is 6.08. The molecule has 0 amide bonds. The molecule has 0 spiro atoms. The van der Waals surface area contributed by atoms with Gasteiger partial charge in [-0.2, -0.15) is 0 Å². The SMILES string of the molecule is B[C@@H]1OC(CC)(CC)C2C1O[C@H]2C. The van der Waals surface area contributed by atoms with Gasteiger partial charge in [0.15, 0.2) is 0 Å². The number of ether oxygens (including phenoxy) is 2. The van der Waals surface area contributed by atoms with Gasteiger partial charge in [0.25, 0.3) is 0 Å². The quantitative estimate of drug-likeness (QED) is 0.591. The second kappa shape index (κ2) is 2.99. The number of hydrogen-bond acceptors (Lipinski definition) is 2. The molecule has 0 aromatic carbocycles. The zero-order valence-corrected chi connectivity index (χ0v) is 9.04. The summed E-state index contributed by atoms with van der Waals surface area (Å²) < 4.78 is 11.8. The lowest BCUT2D eigenvalue weighted by Gasteiger charge is -2.45. The van der Waals surface area contributed by atoms with Gasteiger partial charge in [0, 0.05) is 5.92 Å². The van der Waals surface area contributed by atoms with Crippen molar-refractivity contribution in [2.75, 3.05) is 0 Å². The Balaban J connectivity index is 2.20. The van der Waals surface area contributed by atoms with Crippen LogP contribution in [0.1, 0.15) is 33.6 Å². The van der Waals surface area contributed by atoms with Gasteiger partial charge in [-0.3, -0.25) is 0 Å². The second-order valence-corrected chi connectivity index (χ2v) is 4.43. The molecule has 0 aromatic heterocycles. The number of fused-ring (bicyclic) bond motifs is 1. The average molecular weight is 182 g/mol. The molecule has 0 aromatic rings. The predicted molar refractivity (Wildman–Crippen MR) is 54.6 cm³/mol. The van der Waals surface area contributed by atoms with Crippen molar-refractivity contribution in [3.05, 3.63) is 0 Å². The third-order valence-electron chi connectivity index (χ3n) is 3.92. The Hall–Kier alpha value is -0.0151. The Labute approximate surface area is 81.4 Å². The zero-order valence-electron chi connectivity index (χ0n) is 9.04. The van der Waals surface area contributed by atoms with Crippen molar-refractivity contribution in [2.24, 2.45) is 5.92 Å². The van der Waals surface area contributed by atoms with Crippen LogP contribution < -0.4 is 0 Å². The van der Waals surface area contributed by atoms with Gasteiger partial charge >= 0.3 is 0 Å². The summed E-state index contributed by atoms with van der Waals surface area (Å²) in [5.41, 5.74) is 0.113. The Morgan fingerprint density at radius 2 is 1.92 bits per heavy atom. The summed E-state index contributed by atoms with van der Waals surface area (Å²) in [4.78, 5) is 0. The second-order valence-electron chi connectivity index (χ2n) is 4.43. The molecule has 13 heavy (non-hydrogen) atoms. The van der Waals surface area contributed by atoms with Crippen molar-refractivity contribution in [2.45, 2.75) is 57.4 Å². The van der Waals surface area contributed by atoms with E-state index in [0.717, 1.165) is 12.8 Å². The highest BCUT2D eigenvalue weighted by Crippen LogP contribution is 2.50. The van der Waals surface area contributed by atoms with Crippen LogP contribution in [0.5, 0.6) is 0 Å². The van der Waals surface area contributed by atoms with Crippen LogP contribution in [0.2, 0.25) is 0 Å². The first kappa shape index (κ1) is 9.54. The fourth-order valence-electron chi connectivity index (χ4n) is 3.13. The van der Waals surface area contributed by atoms with Crippen LogP contribution >= 0.6 is 0 Å². The smallest absolute Gasteiger partial charge is 0.142 e. The van der Waals surface area contributed by atoms with Crippen LogP contribution in [0.3, 0.4) is 0 Å². The minimum absolute atomic E-state index is 0.113. The van der Waals surface area contributed by atoms with E-state index in [1.54, 1.807) is 0 Å². The molecule has 0 N–H and O–H groups in total. The minimum Gasteiger partial charge on any atom is -0.378 e. The van der Waals surface area contributed by atoms with Gasteiger partial charge < -0.3 is 9.47 Å². The molecule has 2 aliphatic rings. The summed E-state index contributed by atoms with van der Waals surface area (Å²) in [7, 11) is 2.14. The maximum Gasteiger partial charge on any atom is 0.142 e. The molecule has 3 heteroatoms. The van der Waals surface area contributed by atoms with Gasteiger partial charge in [0.1, 0.15) is 7.85 Å². The van der Waals surface area contributed by atoms with Gasteiger partial charge in [-0.25, -0.2) is 0 Å². The van der Waals surface area contributed by atoms with E-state index in [1.807, 2.05) is 0 Å². The van der Waals surface area contributed by atoms with Gasteiger partial charge in [0.05, 0.1) is 23.8 Å². The molecule has 2 aliphatic heterocycles. The van der Waals surface area contributed by atoms with Crippen molar-refractivity contribution >= 4 is 7.85 Å². The summed E-state index contributed by atoms with van der Waals surface area (Å²) in [5.74, 6) is 0.637. The van der Waals surface area contributed by atoms with E-state index in [9.17, 15) is 0 Å². The summed E-state index contributed by atoms with van der Waals surface area (Å²) >= 11 is 0. The molecule has 2 unspecified atom stereocenters.